The Bertz CT molecular complexity index is 399. The van der Waals surface area contributed by atoms with Gasteiger partial charge in [-0.2, -0.15) is 0 Å². The molecular formula is C13H20N2O2S. The molecule has 1 aliphatic carbocycles. The van der Waals surface area contributed by atoms with Gasteiger partial charge in [0.25, 0.3) is 0 Å². The Morgan fingerprint density at radius 3 is 2.78 bits per heavy atom. The van der Waals surface area contributed by atoms with E-state index in [4.69, 9.17) is 0 Å². The first-order valence-electron chi connectivity index (χ1n) is 6.63. The fraction of sp³-hybridized carbons (Fsp3) is 0.692. The van der Waals surface area contributed by atoms with Gasteiger partial charge in [-0.25, -0.2) is 0 Å². The van der Waals surface area contributed by atoms with E-state index in [1.807, 2.05) is 6.07 Å². The molecule has 1 aromatic heterocycles. The van der Waals surface area contributed by atoms with Crippen LogP contribution in [0.15, 0.2) is 12.1 Å². The molecule has 0 bridgehead atoms. The molecule has 0 saturated heterocycles. The Kier molecular flexibility index (Phi) is 4.72. The summed E-state index contributed by atoms with van der Waals surface area (Å²) in [5, 5.41) is 14.3. The minimum atomic E-state index is -0.321. The number of rotatable bonds is 5. The van der Waals surface area contributed by atoms with Gasteiger partial charge in [0.05, 0.1) is 4.92 Å². The van der Waals surface area contributed by atoms with E-state index in [2.05, 4.69) is 12.2 Å². The molecular weight excluding hydrogens is 248 g/mol. The topological polar surface area (TPSA) is 55.2 Å². The van der Waals surface area contributed by atoms with Gasteiger partial charge in [-0.1, -0.05) is 30.6 Å². The van der Waals surface area contributed by atoms with Crippen molar-refractivity contribution in [2.75, 3.05) is 0 Å². The van der Waals surface area contributed by atoms with Gasteiger partial charge in [-0.15, -0.1) is 0 Å². The van der Waals surface area contributed by atoms with Gasteiger partial charge < -0.3 is 5.32 Å². The van der Waals surface area contributed by atoms with E-state index in [0.29, 0.717) is 6.04 Å². The first kappa shape index (κ1) is 13.5. The minimum Gasteiger partial charge on any atom is -0.309 e. The molecule has 1 fully saturated rings. The highest BCUT2D eigenvalue weighted by molar-refractivity contribution is 7.15. The Morgan fingerprint density at radius 2 is 2.17 bits per heavy atom. The maximum absolute atomic E-state index is 10.6. The lowest BCUT2D eigenvalue weighted by molar-refractivity contribution is -0.380. The molecule has 1 heterocycles. The van der Waals surface area contributed by atoms with Gasteiger partial charge in [0, 0.05) is 23.5 Å². The minimum absolute atomic E-state index is 0.233. The maximum Gasteiger partial charge on any atom is 0.324 e. The molecule has 2 rings (SSSR count). The van der Waals surface area contributed by atoms with E-state index in [1.54, 1.807) is 6.07 Å². The van der Waals surface area contributed by atoms with E-state index in [-0.39, 0.29) is 9.92 Å². The summed E-state index contributed by atoms with van der Waals surface area (Å²) in [7, 11) is 0. The van der Waals surface area contributed by atoms with Gasteiger partial charge in [0.1, 0.15) is 0 Å². The van der Waals surface area contributed by atoms with E-state index >= 15 is 0 Å². The largest absolute Gasteiger partial charge is 0.324 e. The average molecular weight is 268 g/mol. The standard InChI is InChI=1S/C13H20N2O2S/c1-10(11-5-3-2-4-6-11)14-9-12-7-8-13(18-12)15(16)17/h7-8,10-11,14H,2-6,9H2,1H3/t10-/m0/s1. The molecule has 0 amide bonds. The van der Waals surface area contributed by atoms with Crippen molar-refractivity contribution in [2.45, 2.75) is 51.6 Å². The van der Waals surface area contributed by atoms with Crippen molar-refractivity contribution in [2.24, 2.45) is 5.92 Å². The summed E-state index contributed by atoms with van der Waals surface area (Å²) in [6.07, 6.45) is 6.71. The molecule has 1 aromatic rings. The summed E-state index contributed by atoms with van der Waals surface area (Å²) in [6, 6.07) is 3.95. The predicted octanol–water partition coefficient (Wildman–Crippen LogP) is 3.71. The highest BCUT2D eigenvalue weighted by atomic mass is 32.1. The zero-order chi connectivity index (χ0) is 13.0. The first-order chi connectivity index (χ1) is 8.66. The SMILES string of the molecule is C[C@H](NCc1ccc([N+](=O)[O-])s1)C1CCCCC1. The van der Waals surface area contributed by atoms with Gasteiger partial charge in [0.15, 0.2) is 0 Å². The van der Waals surface area contributed by atoms with Crippen molar-refractivity contribution in [3.05, 3.63) is 27.1 Å². The van der Waals surface area contributed by atoms with Crippen LogP contribution >= 0.6 is 11.3 Å². The fourth-order valence-electron chi connectivity index (χ4n) is 2.62. The normalized spacial score (nSPS) is 18.7. The van der Waals surface area contributed by atoms with Crippen LogP contribution in [-0.4, -0.2) is 11.0 Å². The Labute approximate surface area is 112 Å². The van der Waals surface area contributed by atoms with Crippen LogP contribution in [0.5, 0.6) is 0 Å². The zero-order valence-electron chi connectivity index (χ0n) is 10.7. The van der Waals surface area contributed by atoms with Crippen LogP contribution in [0, 0.1) is 16.0 Å². The molecule has 1 atom stereocenters. The third-order valence-corrected chi connectivity index (χ3v) is 4.82. The van der Waals surface area contributed by atoms with E-state index in [0.717, 1.165) is 17.3 Å². The number of nitrogens with zero attached hydrogens (tertiary/aromatic N) is 1. The third kappa shape index (κ3) is 3.53. The van der Waals surface area contributed by atoms with Crippen molar-refractivity contribution in [1.29, 1.82) is 0 Å². The van der Waals surface area contributed by atoms with Crippen LogP contribution in [0.2, 0.25) is 0 Å². The lowest BCUT2D eigenvalue weighted by Crippen LogP contribution is -2.33. The molecule has 0 aliphatic heterocycles. The molecule has 0 radical (unpaired) electrons. The second-order valence-electron chi connectivity index (χ2n) is 5.06. The van der Waals surface area contributed by atoms with Gasteiger partial charge >= 0.3 is 5.00 Å². The number of hydrogen-bond donors (Lipinski definition) is 1. The summed E-state index contributed by atoms with van der Waals surface area (Å²) >= 11 is 1.27. The first-order valence-corrected chi connectivity index (χ1v) is 7.45. The van der Waals surface area contributed by atoms with Crippen molar-refractivity contribution in [3.8, 4) is 0 Å². The second kappa shape index (κ2) is 6.29. The molecule has 1 N–H and O–H groups in total. The van der Waals surface area contributed by atoms with Crippen LogP contribution in [-0.2, 0) is 6.54 Å². The number of nitrogens with one attached hydrogen (secondary N) is 1. The summed E-state index contributed by atoms with van der Waals surface area (Å²) in [4.78, 5) is 11.3. The van der Waals surface area contributed by atoms with Crippen LogP contribution in [0.25, 0.3) is 0 Å². The maximum atomic E-state index is 10.6. The molecule has 5 heteroatoms. The van der Waals surface area contributed by atoms with E-state index in [9.17, 15) is 10.1 Å². The highest BCUT2D eigenvalue weighted by Crippen LogP contribution is 2.27. The molecule has 0 spiro atoms. The van der Waals surface area contributed by atoms with Crippen LogP contribution < -0.4 is 5.32 Å². The second-order valence-corrected chi connectivity index (χ2v) is 6.21. The highest BCUT2D eigenvalue weighted by Gasteiger charge is 2.19. The summed E-state index contributed by atoms with van der Waals surface area (Å²) < 4.78 is 0. The molecule has 0 unspecified atom stereocenters. The summed E-state index contributed by atoms with van der Waals surface area (Å²) in [5.41, 5.74) is 0. The smallest absolute Gasteiger partial charge is 0.309 e. The van der Waals surface area contributed by atoms with Crippen molar-refractivity contribution >= 4 is 16.3 Å². The van der Waals surface area contributed by atoms with Crippen molar-refractivity contribution in [1.82, 2.24) is 5.32 Å². The van der Waals surface area contributed by atoms with Crippen LogP contribution in [0.1, 0.15) is 43.9 Å². The Balaban J connectivity index is 1.80. The molecule has 0 aromatic carbocycles. The Hall–Kier alpha value is -0.940. The Morgan fingerprint density at radius 1 is 1.44 bits per heavy atom. The third-order valence-electron chi connectivity index (χ3n) is 3.78. The van der Waals surface area contributed by atoms with Gasteiger partial charge in [0.2, 0.25) is 0 Å². The van der Waals surface area contributed by atoms with Crippen LogP contribution in [0.3, 0.4) is 0 Å². The van der Waals surface area contributed by atoms with Crippen LogP contribution in [0.4, 0.5) is 5.00 Å². The van der Waals surface area contributed by atoms with Gasteiger partial charge in [-0.3, -0.25) is 10.1 Å². The van der Waals surface area contributed by atoms with E-state index < -0.39 is 0 Å². The predicted molar refractivity (Wildman–Crippen MR) is 73.9 cm³/mol. The monoisotopic (exact) mass is 268 g/mol. The summed E-state index contributed by atoms with van der Waals surface area (Å²) in [6.45, 7) is 2.98. The number of hydrogen-bond acceptors (Lipinski definition) is 4. The molecule has 1 saturated carbocycles. The fourth-order valence-corrected chi connectivity index (χ4v) is 3.39. The molecule has 4 nitrogen and oxygen atoms in total. The van der Waals surface area contributed by atoms with Crippen molar-refractivity contribution < 1.29 is 4.92 Å². The zero-order valence-corrected chi connectivity index (χ0v) is 11.5. The van der Waals surface area contributed by atoms with E-state index in [1.165, 1.54) is 43.4 Å². The molecule has 18 heavy (non-hydrogen) atoms. The lowest BCUT2D eigenvalue weighted by Gasteiger charge is -2.28. The summed E-state index contributed by atoms with van der Waals surface area (Å²) in [5.74, 6) is 0.772. The van der Waals surface area contributed by atoms with Crippen molar-refractivity contribution in [3.63, 3.8) is 0 Å². The molecule has 1 aliphatic rings. The average Bonchev–Trinajstić information content (AvgIpc) is 2.86. The number of thiophene rings is 1. The molecule has 100 valence electrons. The quantitative estimate of drug-likeness (QED) is 0.654. The lowest BCUT2D eigenvalue weighted by atomic mass is 9.84. The number of nitro groups is 1. The van der Waals surface area contributed by atoms with Gasteiger partial charge in [-0.05, 0) is 31.7 Å².